The number of hydrogen-bond donors (Lipinski definition) is 2. The van der Waals surface area contributed by atoms with Gasteiger partial charge in [0.15, 0.2) is 12.5 Å². The first-order valence-corrected chi connectivity index (χ1v) is 2.07. The summed E-state index contributed by atoms with van der Waals surface area (Å²) in [5.41, 5.74) is 4.71. The van der Waals surface area contributed by atoms with E-state index >= 15 is 0 Å². The summed E-state index contributed by atoms with van der Waals surface area (Å²) in [6, 6.07) is 0. The van der Waals surface area contributed by atoms with Gasteiger partial charge in [-0.25, -0.2) is 0 Å². The largest absolute Gasteiger partial charge is 0.385 e. The minimum absolute atomic E-state index is 0.194. The standard InChI is InChI=1S/CH3NS2.OS/c2-1(3)4;1-2/h(H3,2,3,4);. The fourth-order valence-corrected chi connectivity index (χ4v) is 0. The van der Waals surface area contributed by atoms with E-state index in [1.165, 1.54) is 0 Å². The average molecular weight is 141 g/mol. The summed E-state index contributed by atoms with van der Waals surface area (Å²) < 4.78 is 8.03. The van der Waals surface area contributed by atoms with Crippen LogP contribution >= 0.6 is 24.8 Å². The van der Waals surface area contributed by atoms with Crippen LogP contribution < -0.4 is 5.73 Å². The summed E-state index contributed by atoms with van der Waals surface area (Å²) in [7, 11) is 0. The first-order chi connectivity index (χ1) is 2.73. The molecule has 0 spiro atoms. The molecule has 0 fully saturated rings. The Bertz CT molecular complexity index is 42.1. The van der Waals surface area contributed by atoms with Gasteiger partial charge in [-0.1, -0.05) is 12.2 Å². The normalized spacial score (nSPS) is 4.83. The van der Waals surface area contributed by atoms with Gasteiger partial charge < -0.3 is 5.73 Å². The molecule has 0 aromatic rings. The molecule has 5 heteroatoms. The molecule has 0 aliphatic carbocycles. The topological polar surface area (TPSA) is 43.1 Å². The van der Waals surface area contributed by atoms with Crippen LogP contribution in [-0.4, -0.2) is 8.53 Å². The lowest BCUT2D eigenvalue weighted by Crippen LogP contribution is -1.94. The van der Waals surface area contributed by atoms with Crippen LogP contribution in [0.2, 0.25) is 0 Å². The van der Waals surface area contributed by atoms with E-state index in [2.05, 4.69) is 37.4 Å². The minimum Gasteiger partial charge on any atom is -0.385 e. The second-order valence-corrected chi connectivity index (χ2v) is 1.56. The lowest BCUT2D eigenvalue weighted by molar-refractivity contribution is 0.702. The van der Waals surface area contributed by atoms with Crippen molar-refractivity contribution in [2.24, 2.45) is 5.73 Å². The summed E-state index contributed by atoms with van der Waals surface area (Å²) in [6.45, 7) is 0. The first kappa shape index (κ1) is 9.54. The molecular weight excluding hydrogens is 138 g/mol. The van der Waals surface area contributed by atoms with Crippen LogP contribution in [0.1, 0.15) is 0 Å². The summed E-state index contributed by atoms with van der Waals surface area (Å²) in [4.78, 5) is 0. The Balaban J connectivity index is 0. The maximum atomic E-state index is 7.83. The van der Waals surface area contributed by atoms with Gasteiger partial charge >= 0.3 is 0 Å². The van der Waals surface area contributed by atoms with E-state index in [9.17, 15) is 0 Å². The van der Waals surface area contributed by atoms with Crippen LogP contribution in [0.15, 0.2) is 0 Å². The number of nitrogens with two attached hydrogens (primary N) is 1. The molecule has 0 saturated carbocycles. The zero-order valence-electron chi connectivity index (χ0n) is 2.75. The highest BCUT2D eigenvalue weighted by molar-refractivity contribution is 8.10. The quantitative estimate of drug-likeness (QED) is 0.363. The van der Waals surface area contributed by atoms with Crippen molar-refractivity contribution in [1.29, 1.82) is 0 Å². The highest BCUT2D eigenvalue weighted by atomic mass is 32.1. The van der Waals surface area contributed by atoms with Crippen LogP contribution in [-0.2, 0) is 12.5 Å². The fourth-order valence-electron chi connectivity index (χ4n) is 0. The van der Waals surface area contributed by atoms with Crippen molar-refractivity contribution in [3.05, 3.63) is 0 Å². The predicted molar refractivity (Wildman–Crippen MR) is 33.9 cm³/mol. The molecule has 36 valence electrons. The molecule has 2 N–H and O–H groups in total. The third-order valence-electron chi connectivity index (χ3n) is 0. The summed E-state index contributed by atoms with van der Waals surface area (Å²) in [5, 5.41) is 0. The molecule has 0 aromatic heterocycles. The van der Waals surface area contributed by atoms with Gasteiger partial charge in [-0.2, -0.15) is 4.21 Å². The highest BCUT2D eigenvalue weighted by Crippen LogP contribution is 1.63. The summed E-state index contributed by atoms with van der Waals surface area (Å²) >= 11 is 10.5. The molecule has 0 aromatic carbocycles. The van der Waals surface area contributed by atoms with Crippen molar-refractivity contribution in [3.8, 4) is 0 Å². The molecule has 0 amide bonds. The minimum atomic E-state index is 0.194. The van der Waals surface area contributed by atoms with E-state index < -0.39 is 0 Å². The Morgan fingerprint density at radius 3 is 1.67 bits per heavy atom. The van der Waals surface area contributed by atoms with Gasteiger partial charge in [0.25, 0.3) is 0 Å². The number of thiol groups is 1. The first-order valence-electron chi connectivity index (χ1n) is 0.883. The fraction of sp³-hybridized carbons (Fsp3) is 0. The lowest BCUT2D eigenvalue weighted by Gasteiger charge is -1.64. The number of hydrogen-bond acceptors (Lipinski definition) is 3. The molecule has 0 radical (unpaired) electrons. The van der Waals surface area contributed by atoms with Gasteiger partial charge in [0.2, 0.25) is 0 Å². The van der Waals surface area contributed by atoms with Gasteiger partial charge in [0, 0.05) is 0 Å². The molecule has 0 unspecified atom stereocenters. The van der Waals surface area contributed by atoms with Gasteiger partial charge in [-0.3, -0.25) is 0 Å². The Morgan fingerprint density at radius 1 is 1.67 bits per heavy atom. The monoisotopic (exact) mass is 141 g/mol. The smallest absolute Gasteiger partial charge is 0.197 e. The third-order valence-corrected chi connectivity index (χ3v) is 0. The van der Waals surface area contributed by atoms with Crippen molar-refractivity contribution in [2.45, 2.75) is 0 Å². The Morgan fingerprint density at radius 2 is 1.67 bits per heavy atom. The summed E-state index contributed by atoms with van der Waals surface area (Å²) in [6.07, 6.45) is 0. The zero-order chi connectivity index (χ0) is 5.58. The number of rotatable bonds is 0. The Hall–Kier alpha value is 0.260. The van der Waals surface area contributed by atoms with Gasteiger partial charge in [0.05, 0.1) is 0 Å². The predicted octanol–water partition coefficient (Wildman–Crippen LogP) is -0.176. The van der Waals surface area contributed by atoms with Crippen molar-refractivity contribution < 1.29 is 4.21 Å². The van der Waals surface area contributed by atoms with Gasteiger partial charge in [0.1, 0.15) is 4.32 Å². The molecule has 0 rings (SSSR count). The lowest BCUT2D eigenvalue weighted by atomic mass is 11.5. The zero-order valence-corrected chi connectivity index (χ0v) is 5.28. The third kappa shape index (κ3) is 670. The second kappa shape index (κ2) is 8.98. The van der Waals surface area contributed by atoms with Crippen LogP contribution in [0, 0.1) is 0 Å². The van der Waals surface area contributed by atoms with Gasteiger partial charge in [-0.15, -0.1) is 12.6 Å². The molecule has 0 aliphatic rings. The number of thiocarbonyl (C=S) groups is 1. The maximum absolute atomic E-state index is 7.83. The van der Waals surface area contributed by atoms with E-state index in [0.29, 0.717) is 0 Å². The Labute approximate surface area is 52.0 Å². The van der Waals surface area contributed by atoms with Crippen molar-refractivity contribution in [2.75, 3.05) is 0 Å². The van der Waals surface area contributed by atoms with Crippen LogP contribution in [0.25, 0.3) is 0 Å². The Kier molecular flexibility index (Phi) is 14.3. The van der Waals surface area contributed by atoms with E-state index in [0.717, 1.165) is 0 Å². The molecule has 0 atom stereocenters. The molecule has 6 heavy (non-hydrogen) atoms. The van der Waals surface area contributed by atoms with Crippen molar-refractivity contribution >= 4 is 41.7 Å². The molecule has 0 aliphatic heterocycles. The van der Waals surface area contributed by atoms with Crippen molar-refractivity contribution in [1.82, 2.24) is 0 Å². The SMILES string of the molecule is NC(=S)S.O=S. The molecule has 0 saturated heterocycles. The molecule has 0 bridgehead atoms. The van der Waals surface area contributed by atoms with Gasteiger partial charge in [-0.05, 0) is 0 Å². The molecule has 0 heterocycles. The molecule has 2 nitrogen and oxygen atoms in total. The highest BCUT2D eigenvalue weighted by Gasteiger charge is 1.55. The maximum Gasteiger partial charge on any atom is 0.197 e. The van der Waals surface area contributed by atoms with Crippen LogP contribution in [0.5, 0.6) is 0 Å². The summed E-state index contributed by atoms with van der Waals surface area (Å²) in [5.74, 6) is 0. The van der Waals surface area contributed by atoms with E-state index in [4.69, 9.17) is 9.94 Å². The second-order valence-electron chi connectivity index (χ2n) is 0.338. The van der Waals surface area contributed by atoms with Crippen LogP contribution in [0.3, 0.4) is 0 Å². The van der Waals surface area contributed by atoms with E-state index in [-0.39, 0.29) is 4.32 Å². The van der Waals surface area contributed by atoms with Crippen LogP contribution in [0.4, 0.5) is 0 Å². The molecular formula is CH3NOS3. The van der Waals surface area contributed by atoms with E-state index in [1.807, 2.05) is 0 Å². The van der Waals surface area contributed by atoms with Crippen molar-refractivity contribution in [3.63, 3.8) is 0 Å². The average Bonchev–Trinajstić information content (AvgIpc) is 1.41. The van der Waals surface area contributed by atoms with E-state index in [1.54, 1.807) is 0 Å².